The molecule has 6 N–H and O–H groups in total. The summed E-state index contributed by atoms with van der Waals surface area (Å²) in [5, 5.41) is 70.2. The Bertz CT molecular complexity index is 6990. The molecule has 15 aromatic rings. The Kier molecular flexibility index (Phi) is 25.5. The third-order valence-electron chi connectivity index (χ3n) is 25.0. The Morgan fingerprint density at radius 2 is 0.527 bits per heavy atom. The first-order chi connectivity index (χ1) is 60.3. The minimum atomic E-state index is -0.102. The number of aryl methyl sites for hydroxylation is 13. The average Bonchev–Trinajstić information content (AvgIpc) is 1.28. The van der Waals surface area contributed by atoms with Crippen LogP contribution in [0.3, 0.4) is 0 Å². The van der Waals surface area contributed by atoms with Crippen LogP contribution in [0.1, 0.15) is 44.5 Å². The van der Waals surface area contributed by atoms with Crippen LogP contribution in [-0.4, -0.2) is 108 Å². The predicted octanol–water partition coefficient (Wildman–Crippen LogP) is 17.4. The number of ether oxygens (including phenoxy) is 14. The van der Waals surface area contributed by atoms with Crippen LogP contribution in [0.15, 0.2) is 164 Å². The molecular formula is C104H107N5O20. The Morgan fingerprint density at radius 3 is 0.938 bits per heavy atom. The number of hydrogen-bond donors (Lipinski definition) is 6. The summed E-state index contributed by atoms with van der Waals surface area (Å²) < 4.78 is 87.8. The molecule has 0 atom stereocenters. The molecule has 0 amide bonds. The van der Waals surface area contributed by atoms with Crippen molar-refractivity contribution in [3.8, 4) is 171 Å². The van der Waals surface area contributed by atoms with Gasteiger partial charge in [-0.25, -0.2) is 0 Å². The number of phenols is 6. The maximum atomic E-state index is 10.5. The Hall–Kier alpha value is -14.8. The number of aromatic nitrogens is 5. The largest absolute Gasteiger partial charge is 0.504 e. The maximum absolute atomic E-state index is 10.5. The lowest BCUT2D eigenvalue weighted by atomic mass is 9.92. The summed E-state index contributed by atoms with van der Waals surface area (Å²) in [6.07, 6.45) is 14.7. The van der Waals surface area contributed by atoms with Crippen molar-refractivity contribution >= 4 is 53.9 Å². The van der Waals surface area contributed by atoms with Crippen molar-refractivity contribution in [3.63, 3.8) is 0 Å². The van der Waals surface area contributed by atoms with Crippen LogP contribution in [0.4, 0.5) is 0 Å². The molecule has 8 aliphatic heterocycles. The van der Waals surface area contributed by atoms with E-state index < -0.39 is 0 Å². The van der Waals surface area contributed by atoms with E-state index in [0.29, 0.717) is 35.5 Å². The van der Waals surface area contributed by atoms with Gasteiger partial charge in [0.1, 0.15) is 0 Å². The van der Waals surface area contributed by atoms with Crippen LogP contribution >= 0.6 is 0 Å². The standard InChI is InChI=1S/C21H20NO4.C20H17NO4.C20H19NO4.C19H15NO4.C19H17NO4.5CH3/c1-12-14-4-5-17(23-2)21(24-3)16(14)10-22-7-6-13-8-18-19(26-11-25-18)9-15(13)20(12)22;1-11-13-3-4-16(23-2)20(22)15(13)9-21-6-5-12-7-17-18(25-10-24-17)8-14(12)19(11)21;1-11-13-4-5-18(24-2)20(25-3)15(13)10-21-7-6-12-8-16(22)17(23)9-14(12)19(11)21;1-22-16-3-2-11-6-15-13-8-18-17(23-10-24-18)7-12(13)4-5-20(15)9-14(11)19(16)21;1-23-18-4-3-11-7-15-13-9-17(22)16(21)8-12(13)5-6-20(15)10-14(11)19(18)24-2;;;;;/h4-5,8-10H,6-7,11H2,1-3H3;3-4,7-9H,5-6,10H2,1-2H3;4-5,8-10,23H,6-7H2,1-3H3;2-3,6-9H,4-5,10H2,1H3;3-4,7-10,22H,5-6H2,1-2H3;5*1H3/q+1;;;;;5*-1/p+4. The van der Waals surface area contributed by atoms with Crippen molar-refractivity contribution in [2.45, 2.75) is 85.6 Å². The fourth-order valence-corrected chi connectivity index (χ4v) is 18.9. The van der Waals surface area contributed by atoms with Crippen LogP contribution in [0.5, 0.6) is 115 Å². The lowest BCUT2D eigenvalue weighted by Gasteiger charge is -2.19. The monoisotopic (exact) mass is 1750 g/mol. The number of pyridine rings is 5. The summed E-state index contributed by atoms with van der Waals surface area (Å²) in [5.41, 5.74) is 20.4. The Balaban J connectivity index is 0.000000129. The van der Waals surface area contributed by atoms with Gasteiger partial charge in [-0.1, -0.05) is 0 Å². The first-order valence-electron chi connectivity index (χ1n) is 40.9. The lowest BCUT2D eigenvalue weighted by Crippen LogP contribution is -2.40. The maximum Gasteiger partial charge on any atom is 0.231 e. The van der Waals surface area contributed by atoms with E-state index in [4.69, 9.17) is 66.3 Å². The first kappa shape index (κ1) is 90.5. The zero-order valence-corrected chi connectivity index (χ0v) is 75.4. The second kappa shape index (κ2) is 36.3. The van der Waals surface area contributed by atoms with Gasteiger partial charge in [-0.3, -0.25) is 0 Å². The highest BCUT2D eigenvalue weighted by Gasteiger charge is 2.37. The molecule has 0 aliphatic carbocycles. The number of benzene rings is 10. The number of aromatic hydroxyl groups is 6. The molecule has 10 aromatic carbocycles. The molecule has 0 unspecified atom stereocenters. The summed E-state index contributed by atoms with van der Waals surface area (Å²) in [6, 6.07) is 42.8. The molecule has 0 radical (unpaired) electrons. The molecule has 0 fully saturated rings. The van der Waals surface area contributed by atoms with Crippen molar-refractivity contribution in [1.82, 2.24) is 0 Å². The van der Waals surface area contributed by atoms with E-state index in [0.717, 1.165) is 227 Å². The number of fused-ring (bicyclic) bond motifs is 23. The molecule has 129 heavy (non-hydrogen) atoms. The zero-order chi connectivity index (χ0) is 85.8. The van der Waals surface area contributed by atoms with E-state index in [-0.39, 0.29) is 85.2 Å². The minimum Gasteiger partial charge on any atom is -0.504 e. The third-order valence-corrected chi connectivity index (χ3v) is 25.0. The predicted molar refractivity (Wildman–Crippen MR) is 493 cm³/mol. The van der Waals surface area contributed by atoms with E-state index >= 15 is 0 Å². The van der Waals surface area contributed by atoms with Crippen LogP contribution < -0.4 is 89.2 Å². The highest BCUT2D eigenvalue weighted by molar-refractivity contribution is 5.99. The molecular weight excluding hydrogens is 1640 g/mol. The van der Waals surface area contributed by atoms with Gasteiger partial charge in [0, 0.05) is 77.1 Å². The average molecular weight is 1750 g/mol. The minimum absolute atomic E-state index is 0. The smallest absolute Gasteiger partial charge is 0.231 e. The summed E-state index contributed by atoms with van der Waals surface area (Å²) >= 11 is 0. The van der Waals surface area contributed by atoms with E-state index in [2.05, 4.69) is 117 Å². The van der Waals surface area contributed by atoms with Crippen molar-refractivity contribution in [1.29, 1.82) is 0 Å². The molecule has 0 bridgehead atoms. The summed E-state index contributed by atoms with van der Waals surface area (Å²) in [6.45, 7) is 11.4. The third kappa shape index (κ3) is 15.4. The number of methoxy groups -OCH3 is 8. The van der Waals surface area contributed by atoms with E-state index in [1.54, 1.807) is 87.2 Å². The van der Waals surface area contributed by atoms with Gasteiger partial charge in [0.25, 0.3) is 0 Å². The van der Waals surface area contributed by atoms with Gasteiger partial charge in [-0.2, -0.15) is 22.8 Å². The van der Waals surface area contributed by atoms with Gasteiger partial charge in [-0.05, 0) is 181 Å². The molecule has 13 heterocycles. The zero-order valence-electron chi connectivity index (χ0n) is 75.4. The number of phenolic OH excluding ortho intramolecular Hbond substituents is 6. The van der Waals surface area contributed by atoms with Crippen molar-refractivity contribution in [2.75, 3.05) is 77.3 Å². The van der Waals surface area contributed by atoms with Gasteiger partial charge in [0.05, 0.1) is 112 Å². The van der Waals surface area contributed by atoms with Crippen LogP contribution in [0.2, 0.25) is 0 Å². The molecule has 25 heteroatoms. The second-order valence-corrected chi connectivity index (χ2v) is 31.5. The summed E-state index contributed by atoms with van der Waals surface area (Å²) in [5.74, 6) is 10.3. The van der Waals surface area contributed by atoms with Crippen LogP contribution in [0, 0.1) is 57.9 Å². The van der Waals surface area contributed by atoms with E-state index in [1.165, 1.54) is 44.5 Å². The van der Waals surface area contributed by atoms with Crippen molar-refractivity contribution < 1.29 is 120 Å². The summed E-state index contributed by atoms with van der Waals surface area (Å²) in [4.78, 5) is 0. The molecule has 0 saturated heterocycles. The number of hydrogen-bond acceptors (Lipinski definition) is 20. The van der Waals surface area contributed by atoms with Crippen molar-refractivity contribution in [3.05, 3.63) is 246 Å². The highest BCUT2D eigenvalue weighted by Crippen LogP contribution is 2.50. The van der Waals surface area contributed by atoms with Crippen LogP contribution in [-0.2, 0) is 64.8 Å². The number of nitrogens with zero attached hydrogens (tertiary/aromatic N) is 5. The highest BCUT2D eigenvalue weighted by atomic mass is 16.7. The first-order valence-corrected chi connectivity index (χ1v) is 40.9. The van der Waals surface area contributed by atoms with E-state index in [9.17, 15) is 30.6 Å². The van der Waals surface area contributed by atoms with E-state index in [1.807, 2.05) is 60.9 Å². The number of rotatable bonds is 8. The quantitative estimate of drug-likeness (QED) is 0.0469. The molecule has 5 aromatic heterocycles. The normalized spacial score (nSPS) is 13.1. The lowest BCUT2D eigenvalue weighted by molar-refractivity contribution is -0.686. The topological polar surface area (TPSA) is 270 Å². The van der Waals surface area contributed by atoms with Gasteiger partial charge < -0.3 is 134 Å². The fourth-order valence-electron chi connectivity index (χ4n) is 18.9. The van der Waals surface area contributed by atoms with Gasteiger partial charge in [-0.15, -0.1) is 0 Å². The summed E-state index contributed by atoms with van der Waals surface area (Å²) in [7, 11) is 13.0. The Morgan fingerprint density at radius 1 is 0.256 bits per heavy atom. The second-order valence-electron chi connectivity index (χ2n) is 31.5. The fraction of sp³-hybridized carbons (Fsp3) is 0.231. The molecule has 668 valence electrons. The molecule has 0 saturated carbocycles. The molecule has 23 rings (SSSR count). The van der Waals surface area contributed by atoms with Crippen LogP contribution in [0.25, 0.3) is 110 Å². The van der Waals surface area contributed by atoms with Gasteiger partial charge >= 0.3 is 0 Å². The van der Waals surface area contributed by atoms with Gasteiger partial charge in [0.2, 0.25) is 48.8 Å². The van der Waals surface area contributed by atoms with Gasteiger partial charge in [0.15, 0.2) is 179 Å². The Labute approximate surface area is 749 Å². The molecule has 8 aliphatic rings. The molecule has 25 nitrogen and oxygen atoms in total. The molecule has 0 spiro atoms. The van der Waals surface area contributed by atoms with Crippen molar-refractivity contribution in [2.24, 2.45) is 0 Å². The SMILES string of the molecule is COc1ccc2c(C)c3[n+](cc2c1O)CCc1cc2c(cc1-3)OCO2.COc1ccc2c(C)c3[n+](cc2c1OC)CCc1cc(O)c(O)cc1-3.COc1ccc2c(C)c3[n+](cc2c1OC)CCc1cc2c(cc1-3)OCO2.COc1ccc2cc3[n+](cc2c1O)CCc1cc2c(cc1-3)OCO2.COc1ccc2cc3[n+](cc2c1OC)CCc1cc(O)c(O)cc1-3.[CH3-].[CH3-].[CH3-].[CH3-].[CH3-].